The van der Waals surface area contributed by atoms with Crippen molar-refractivity contribution in [2.75, 3.05) is 31.6 Å². The summed E-state index contributed by atoms with van der Waals surface area (Å²) in [6, 6.07) is 17.9. The predicted molar refractivity (Wildman–Crippen MR) is 117 cm³/mol. The summed E-state index contributed by atoms with van der Waals surface area (Å²) in [5.41, 5.74) is 2.68. The number of aromatic nitrogens is 1. The molecule has 1 fully saturated rings. The number of amides is 1. The number of carbonyl (C=O) groups excluding carboxylic acids is 1. The number of ether oxygens (including phenoxy) is 1. The first kappa shape index (κ1) is 19.2. The minimum atomic E-state index is -0.000891. The van der Waals surface area contributed by atoms with Crippen LogP contribution < -0.4 is 9.64 Å². The Balaban J connectivity index is 1.61. The molecule has 3 aromatic rings. The molecule has 0 spiro atoms. The lowest BCUT2D eigenvalue weighted by molar-refractivity contribution is 0.0785. The maximum Gasteiger partial charge on any atom is 0.257 e. The van der Waals surface area contributed by atoms with E-state index in [1.54, 1.807) is 4.90 Å². The third-order valence-corrected chi connectivity index (χ3v) is 5.34. The number of fused-ring (bicyclic) bond motifs is 1. The molecule has 1 aliphatic heterocycles. The lowest BCUT2D eigenvalue weighted by atomic mass is 10.1. The number of pyridine rings is 1. The van der Waals surface area contributed by atoms with E-state index in [9.17, 15) is 4.79 Å². The van der Waals surface area contributed by atoms with Gasteiger partial charge in [0.25, 0.3) is 5.91 Å². The van der Waals surface area contributed by atoms with Crippen molar-refractivity contribution in [2.24, 2.45) is 0 Å². The highest BCUT2D eigenvalue weighted by Gasteiger charge is 2.24. The van der Waals surface area contributed by atoms with Crippen LogP contribution in [0.4, 0.5) is 5.82 Å². The Hall–Kier alpha value is -3.08. The number of carbonyl (C=O) groups is 1. The molecule has 0 N–H and O–H groups in total. The lowest BCUT2D eigenvalue weighted by Gasteiger charge is -2.24. The highest BCUT2D eigenvalue weighted by Crippen LogP contribution is 2.28. The van der Waals surface area contributed by atoms with Crippen molar-refractivity contribution in [3.05, 3.63) is 65.7 Å². The van der Waals surface area contributed by atoms with Crippen molar-refractivity contribution in [2.45, 2.75) is 26.3 Å². The molecule has 0 saturated carbocycles. The van der Waals surface area contributed by atoms with Crippen LogP contribution in [0.15, 0.2) is 54.6 Å². The average Bonchev–Trinajstić information content (AvgIpc) is 3.28. The summed E-state index contributed by atoms with van der Waals surface area (Å²) in [7, 11) is 1.85. The van der Waals surface area contributed by atoms with Gasteiger partial charge in [0.2, 0.25) is 0 Å². The first-order chi connectivity index (χ1) is 14.2. The fourth-order valence-corrected chi connectivity index (χ4v) is 3.84. The molecule has 1 aliphatic rings. The van der Waals surface area contributed by atoms with Crippen LogP contribution in [0.2, 0.25) is 0 Å². The SMILES string of the molecule is CCOc1ccc(CN(C)C(=O)c2cc3ccccc3nc2N2CCCC2)cc1. The van der Waals surface area contributed by atoms with Crippen molar-refractivity contribution in [3.63, 3.8) is 0 Å². The van der Waals surface area contributed by atoms with Gasteiger partial charge in [0, 0.05) is 32.1 Å². The van der Waals surface area contributed by atoms with E-state index in [1.807, 2.05) is 68.6 Å². The fourth-order valence-electron chi connectivity index (χ4n) is 3.84. The number of rotatable bonds is 6. The van der Waals surface area contributed by atoms with Crippen LogP contribution in [0.25, 0.3) is 10.9 Å². The van der Waals surface area contributed by atoms with E-state index in [2.05, 4.69) is 4.90 Å². The Morgan fingerprint density at radius 2 is 1.83 bits per heavy atom. The van der Waals surface area contributed by atoms with E-state index in [0.717, 1.165) is 54.0 Å². The first-order valence-corrected chi connectivity index (χ1v) is 10.3. The number of para-hydroxylation sites is 1. The number of benzene rings is 2. The maximum atomic E-state index is 13.4. The number of nitrogens with zero attached hydrogens (tertiary/aromatic N) is 3. The summed E-state index contributed by atoms with van der Waals surface area (Å²) in [5.74, 6) is 1.66. The molecule has 1 aromatic heterocycles. The van der Waals surface area contributed by atoms with Crippen LogP contribution in [0.1, 0.15) is 35.7 Å². The molecule has 2 aromatic carbocycles. The molecule has 29 heavy (non-hydrogen) atoms. The number of anilines is 1. The summed E-state index contributed by atoms with van der Waals surface area (Å²) < 4.78 is 5.50. The predicted octanol–water partition coefficient (Wildman–Crippen LogP) is 4.51. The Kier molecular flexibility index (Phi) is 5.65. The van der Waals surface area contributed by atoms with Crippen molar-refractivity contribution >= 4 is 22.6 Å². The second-order valence-electron chi connectivity index (χ2n) is 7.48. The Labute approximate surface area is 171 Å². The molecule has 0 atom stereocenters. The van der Waals surface area contributed by atoms with Gasteiger partial charge in [-0.3, -0.25) is 4.79 Å². The third kappa shape index (κ3) is 4.19. The molecule has 0 unspecified atom stereocenters. The molecular weight excluding hydrogens is 362 g/mol. The Morgan fingerprint density at radius 3 is 2.55 bits per heavy atom. The standard InChI is InChI=1S/C24H27N3O2/c1-3-29-20-12-10-18(11-13-20)17-26(2)24(28)21-16-19-8-4-5-9-22(19)25-23(21)27-14-6-7-15-27/h4-5,8-13,16H,3,6-7,14-15,17H2,1-2H3. The van der Waals surface area contributed by atoms with Gasteiger partial charge in [-0.05, 0) is 49.6 Å². The van der Waals surface area contributed by atoms with E-state index in [-0.39, 0.29) is 5.91 Å². The third-order valence-electron chi connectivity index (χ3n) is 5.34. The topological polar surface area (TPSA) is 45.7 Å². The zero-order valence-corrected chi connectivity index (χ0v) is 17.1. The highest BCUT2D eigenvalue weighted by atomic mass is 16.5. The van der Waals surface area contributed by atoms with Crippen molar-refractivity contribution < 1.29 is 9.53 Å². The molecule has 2 heterocycles. The highest BCUT2D eigenvalue weighted by molar-refractivity contribution is 6.02. The number of hydrogen-bond donors (Lipinski definition) is 0. The van der Waals surface area contributed by atoms with Crippen LogP contribution in [0.3, 0.4) is 0 Å². The van der Waals surface area contributed by atoms with Crippen LogP contribution >= 0.6 is 0 Å². The molecule has 1 amide bonds. The zero-order valence-electron chi connectivity index (χ0n) is 17.1. The second-order valence-corrected chi connectivity index (χ2v) is 7.48. The minimum Gasteiger partial charge on any atom is -0.494 e. The molecule has 5 nitrogen and oxygen atoms in total. The van der Waals surface area contributed by atoms with Crippen LogP contribution in [-0.2, 0) is 6.54 Å². The Bertz CT molecular complexity index is 995. The van der Waals surface area contributed by atoms with Crippen LogP contribution in [-0.4, -0.2) is 42.5 Å². The van der Waals surface area contributed by atoms with E-state index in [1.165, 1.54) is 0 Å². The van der Waals surface area contributed by atoms with Gasteiger partial charge in [0.15, 0.2) is 0 Å². The van der Waals surface area contributed by atoms with E-state index >= 15 is 0 Å². The molecular formula is C24H27N3O2. The molecule has 0 bridgehead atoms. The largest absolute Gasteiger partial charge is 0.494 e. The Morgan fingerprint density at radius 1 is 1.10 bits per heavy atom. The summed E-state index contributed by atoms with van der Waals surface area (Å²) >= 11 is 0. The van der Waals surface area contributed by atoms with Gasteiger partial charge in [0.1, 0.15) is 11.6 Å². The summed E-state index contributed by atoms with van der Waals surface area (Å²) in [5, 5.41) is 0.994. The van der Waals surface area contributed by atoms with Crippen LogP contribution in [0.5, 0.6) is 5.75 Å². The molecule has 5 heteroatoms. The van der Waals surface area contributed by atoms with Gasteiger partial charge in [0.05, 0.1) is 17.7 Å². The maximum absolute atomic E-state index is 13.4. The van der Waals surface area contributed by atoms with Gasteiger partial charge in [-0.2, -0.15) is 0 Å². The molecule has 0 aliphatic carbocycles. The lowest BCUT2D eigenvalue weighted by Crippen LogP contribution is -2.30. The van der Waals surface area contributed by atoms with Gasteiger partial charge < -0.3 is 14.5 Å². The molecule has 1 saturated heterocycles. The quantitative estimate of drug-likeness (QED) is 0.622. The summed E-state index contributed by atoms with van der Waals surface area (Å²) in [6.45, 7) is 5.06. The summed E-state index contributed by atoms with van der Waals surface area (Å²) in [4.78, 5) is 22.2. The van der Waals surface area contributed by atoms with E-state index < -0.39 is 0 Å². The number of hydrogen-bond acceptors (Lipinski definition) is 4. The zero-order chi connectivity index (χ0) is 20.2. The monoisotopic (exact) mass is 389 g/mol. The normalized spacial score (nSPS) is 13.7. The second kappa shape index (κ2) is 8.52. The van der Waals surface area contributed by atoms with Crippen molar-refractivity contribution in [1.29, 1.82) is 0 Å². The molecule has 4 rings (SSSR count). The van der Waals surface area contributed by atoms with E-state index in [4.69, 9.17) is 9.72 Å². The van der Waals surface area contributed by atoms with Crippen LogP contribution in [0, 0.1) is 0 Å². The van der Waals surface area contributed by atoms with Gasteiger partial charge >= 0.3 is 0 Å². The minimum absolute atomic E-state index is 0.000891. The van der Waals surface area contributed by atoms with Gasteiger partial charge in [-0.15, -0.1) is 0 Å². The molecule has 0 radical (unpaired) electrons. The molecule has 150 valence electrons. The average molecular weight is 389 g/mol. The van der Waals surface area contributed by atoms with Gasteiger partial charge in [-0.1, -0.05) is 30.3 Å². The first-order valence-electron chi connectivity index (χ1n) is 10.3. The van der Waals surface area contributed by atoms with Gasteiger partial charge in [-0.25, -0.2) is 4.98 Å². The fraction of sp³-hybridized carbons (Fsp3) is 0.333. The van der Waals surface area contributed by atoms with Crippen molar-refractivity contribution in [1.82, 2.24) is 9.88 Å². The smallest absolute Gasteiger partial charge is 0.257 e. The van der Waals surface area contributed by atoms with E-state index in [0.29, 0.717) is 18.7 Å². The van der Waals surface area contributed by atoms with Crippen molar-refractivity contribution in [3.8, 4) is 5.75 Å². The summed E-state index contributed by atoms with van der Waals surface area (Å²) in [6.07, 6.45) is 2.29.